The third-order valence-electron chi connectivity index (χ3n) is 7.53. The van der Waals surface area contributed by atoms with E-state index < -0.39 is 0 Å². The number of fused-ring (bicyclic) bond motifs is 1. The number of H-pyrrole nitrogens is 1. The lowest BCUT2D eigenvalue weighted by atomic mass is 10.00. The number of benzene rings is 3. The number of anilines is 2. The van der Waals surface area contributed by atoms with Gasteiger partial charge >= 0.3 is 0 Å². The minimum atomic E-state index is 0.383. The molecule has 0 amide bonds. The van der Waals surface area contributed by atoms with E-state index in [-0.39, 0.29) is 0 Å². The van der Waals surface area contributed by atoms with E-state index in [0.29, 0.717) is 30.1 Å². The van der Waals surface area contributed by atoms with Gasteiger partial charge in [0.1, 0.15) is 0 Å². The number of piperazine rings is 1. The van der Waals surface area contributed by atoms with Gasteiger partial charge in [-0.15, -0.1) is 10.2 Å². The van der Waals surface area contributed by atoms with Crippen molar-refractivity contribution in [2.24, 2.45) is 5.92 Å². The number of aromatic amines is 1. The van der Waals surface area contributed by atoms with Crippen LogP contribution in [-0.4, -0.2) is 51.1 Å². The zero-order valence-corrected chi connectivity index (χ0v) is 22.6. The van der Waals surface area contributed by atoms with Crippen LogP contribution in [0.4, 0.5) is 11.6 Å². The number of hydrogen-bond acceptors (Lipinski definition) is 7. The molecule has 8 nitrogen and oxygen atoms in total. The van der Waals surface area contributed by atoms with Crippen molar-refractivity contribution in [2.75, 3.05) is 29.9 Å². The minimum Gasteiger partial charge on any atom is -0.361 e. The van der Waals surface area contributed by atoms with Crippen molar-refractivity contribution in [3.63, 3.8) is 0 Å². The summed E-state index contributed by atoms with van der Waals surface area (Å²) in [6.45, 7) is 9.78. The molecule has 2 aromatic heterocycles. The Morgan fingerprint density at radius 3 is 2.64 bits per heavy atom. The van der Waals surface area contributed by atoms with Crippen molar-refractivity contribution in [3.8, 4) is 22.5 Å². The van der Waals surface area contributed by atoms with Gasteiger partial charge < -0.3 is 15.5 Å². The highest BCUT2D eigenvalue weighted by atomic mass is 15.3. The quantitative estimate of drug-likeness (QED) is 0.264. The third-order valence-corrected chi connectivity index (χ3v) is 7.53. The summed E-state index contributed by atoms with van der Waals surface area (Å²) in [5, 5.41) is 25.0. The Morgan fingerprint density at radius 1 is 0.974 bits per heavy atom. The predicted molar refractivity (Wildman–Crippen MR) is 158 cm³/mol. The Labute approximate surface area is 228 Å². The van der Waals surface area contributed by atoms with Gasteiger partial charge in [-0.05, 0) is 47.7 Å². The highest BCUT2D eigenvalue weighted by Crippen LogP contribution is 2.30. The molecule has 0 radical (unpaired) electrons. The van der Waals surface area contributed by atoms with Gasteiger partial charge in [0.2, 0.25) is 0 Å². The van der Waals surface area contributed by atoms with E-state index in [9.17, 15) is 0 Å². The SMILES string of the molecule is Cc1[nH]nc2ccc(-c3nnc(NCc4ccccc4-c4ccccc4)c(N4CCN[C@@H](C(C)C)C4)n3)cc12. The van der Waals surface area contributed by atoms with Crippen molar-refractivity contribution in [1.82, 2.24) is 30.7 Å². The molecule has 1 fully saturated rings. The maximum Gasteiger partial charge on any atom is 0.192 e. The molecule has 1 aliphatic heterocycles. The fraction of sp³-hybridized carbons (Fsp3) is 0.290. The monoisotopic (exact) mass is 518 g/mol. The standard InChI is InChI=1S/C31H34N8/c1-20(2)28-19-39(16-15-32-28)31-30(33-18-24-11-7-8-12-25(24)22-9-5-4-6-10-22)38-37-29(34-31)23-13-14-27-26(17-23)21(3)35-36-27/h4-14,17,20,28,32H,15-16,18-19H2,1-3H3,(H,33,38)(H,35,36)/t28-/m1/s1. The molecule has 0 unspecified atom stereocenters. The van der Waals surface area contributed by atoms with E-state index in [0.717, 1.165) is 47.6 Å². The molecule has 5 aromatic rings. The maximum absolute atomic E-state index is 5.11. The van der Waals surface area contributed by atoms with Crippen molar-refractivity contribution in [3.05, 3.63) is 84.1 Å². The van der Waals surface area contributed by atoms with Crippen molar-refractivity contribution in [2.45, 2.75) is 33.4 Å². The molecule has 0 spiro atoms. The molecule has 1 atom stereocenters. The van der Waals surface area contributed by atoms with E-state index in [2.05, 4.69) is 99.3 Å². The number of aromatic nitrogens is 5. The molecule has 0 aliphatic carbocycles. The van der Waals surface area contributed by atoms with Crippen LogP contribution in [0.15, 0.2) is 72.8 Å². The molecule has 3 aromatic carbocycles. The lowest BCUT2D eigenvalue weighted by Crippen LogP contribution is -2.53. The first kappa shape index (κ1) is 25.0. The van der Waals surface area contributed by atoms with Gasteiger partial charge in [0.15, 0.2) is 17.5 Å². The second-order valence-electron chi connectivity index (χ2n) is 10.5. The Hall–Kier alpha value is -4.30. The summed E-state index contributed by atoms with van der Waals surface area (Å²) in [5.41, 5.74) is 6.48. The highest BCUT2D eigenvalue weighted by molar-refractivity contribution is 5.85. The number of rotatable bonds is 7. The molecule has 6 rings (SSSR count). The molecule has 1 aliphatic rings. The van der Waals surface area contributed by atoms with Crippen LogP contribution in [0, 0.1) is 12.8 Å². The fourth-order valence-electron chi connectivity index (χ4n) is 5.22. The first-order valence-corrected chi connectivity index (χ1v) is 13.6. The van der Waals surface area contributed by atoms with Crippen LogP contribution in [0.25, 0.3) is 33.4 Å². The van der Waals surface area contributed by atoms with Crippen molar-refractivity contribution in [1.29, 1.82) is 0 Å². The lowest BCUT2D eigenvalue weighted by molar-refractivity contribution is 0.367. The van der Waals surface area contributed by atoms with Gasteiger partial charge in [0, 0.05) is 48.9 Å². The van der Waals surface area contributed by atoms with Crippen LogP contribution >= 0.6 is 0 Å². The number of nitrogens with one attached hydrogen (secondary N) is 3. The number of aryl methyl sites for hydroxylation is 1. The van der Waals surface area contributed by atoms with Crippen molar-refractivity contribution >= 4 is 22.5 Å². The molecule has 0 bridgehead atoms. The molecule has 0 saturated carbocycles. The Balaban J connectivity index is 1.35. The molecular formula is C31H34N8. The summed E-state index contributed by atoms with van der Waals surface area (Å²) >= 11 is 0. The van der Waals surface area contributed by atoms with Crippen LogP contribution in [0.2, 0.25) is 0 Å². The average molecular weight is 519 g/mol. The summed E-state index contributed by atoms with van der Waals surface area (Å²) in [6.07, 6.45) is 0. The summed E-state index contributed by atoms with van der Waals surface area (Å²) in [4.78, 5) is 7.45. The number of hydrogen-bond donors (Lipinski definition) is 3. The summed E-state index contributed by atoms with van der Waals surface area (Å²) in [5.74, 6) is 2.67. The van der Waals surface area contributed by atoms with Gasteiger partial charge in [-0.1, -0.05) is 68.4 Å². The molecule has 1 saturated heterocycles. The second-order valence-corrected chi connectivity index (χ2v) is 10.5. The molecular weight excluding hydrogens is 484 g/mol. The topological polar surface area (TPSA) is 94.6 Å². The Morgan fingerprint density at radius 2 is 1.79 bits per heavy atom. The van der Waals surface area contributed by atoms with Crippen LogP contribution in [-0.2, 0) is 6.54 Å². The van der Waals surface area contributed by atoms with E-state index in [1.54, 1.807) is 0 Å². The molecule has 39 heavy (non-hydrogen) atoms. The first-order valence-electron chi connectivity index (χ1n) is 13.6. The number of nitrogens with zero attached hydrogens (tertiary/aromatic N) is 5. The van der Waals surface area contributed by atoms with Gasteiger partial charge in [-0.25, -0.2) is 4.98 Å². The largest absolute Gasteiger partial charge is 0.361 e. The summed E-state index contributed by atoms with van der Waals surface area (Å²) in [7, 11) is 0. The van der Waals surface area contributed by atoms with Crippen LogP contribution in [0.5, 0.6) is 0 Å². The second kappa shape index (κ2) is 10.8. The van der Waals surface area contributed by atoms with Gasteiger partial charge in [-0.2, -0.15) is 5.10 Å². The normalized spacial score (nSPS) is 15.7. The van der Waals surface area contributed by atoms with E-state index in [1.807, 2.05) is 25.1 Å². The van der Waals surface area contributed by atoms with Gasteiger partial charge in [0.25, 0.3) is 0 Å². The Kier molecular flexibility index (Phi) is 6.94. The minimum absolute atomic E-state index is 0.383. The zero-order valence-electron chi connectivity index (χ0n) is 22.6. The van der Waals surface area contributed by atoms with Crippen molar-refractivity contribution < 1.29 is 0 Å². The van der Waals surface area contributed by atoms with E-state index in [4.69, 9.17) is 10.1 Å². The average Bonchev–Trinajstić information content (AvgIpc) is 3.36. The van der Waals surface area contributed by atoms with Crippen LogP contribution < -0.4 is 15.5 Å². The maximum atomic E-state index is 5.11. The summed E-state index contributed by atoms with van der Waals surface area (Å²) in [6, 6.07) is 25.5. The molecule has 8 heteroatoms. The van der Waals surface area contributed by atoms with Crippen LogP contribution in [0.1, 0.15) is 25.1 Å². The fourth-order valence-corrected chi connectivity index (χ4v) is 5.22. The van der Waals surface area contributed by atoms with Gasteiger partial charge in [0.05, 0.1) is 5.52 Å². The van der Waals surface area contributed by atoms with Gasteiger partial charge in [-0.3, -0.25) is 5.10 Å². The van der Waals surface area contributed by atoms with Crippen LogP contribution in [0.3, 0.4) is 0 Å². The molecule has 198 valence electrons. The zero-order chi connectivity index (χ0) is 26.8. The predicted octanol–water partition coefficient (Wildman–Crippen LogP) is 5.44. The third kappa shape index (κ3) is 5.20. The smallest absolute Gasteiger partial charge is 0.192 e. The molecule has 3 N–H and O–H groups in total. The Bertz CT molecular complexity index is 1580. The summed E-state index contributed by atoms with van der Waals surface area (Å²) < 4.78 is 0. The van der Waals surface area contributed by atoms with E-state index in [1.165, 1.54) is 16.7 Å². The molecule has 3 heterocycles. The first-order chi connectivity index (χ1) is 19.1. The highest BCUT2D eigenvalue weighted by Gasteiger charge is 2.26. The lowest BCUT2D eigenvalue weighted by Gasteiger charge is -2.37. The van der Waals surface area contributed by atoms with E-state index >= 15 is 0 Å².